The molecule has 0 nitrogen and oxygen atoms in total. The van der Waals surface area contributed by atoms with E-state index in [0.29, 0.717) is 0 Å². The summed E-state index contributed by atoms with van der Waals surface area (Å²) in [6.07, 6.45) is 4.10. The third-order valence-corrected chi connectivity index (χ3v) is 3.36. The Bertz CT molecular complexity index is 101. The molecule has 3 atom stereocenters. The minimum Gasteiger partial charge on any atom is -0.126 e. The molecule has 0 heterocycles. The number of alkyl halides is 1. The predicted octanol–water partition coefficient (Wildman–Crippen LogP) is 3.30. The smallest absolute Gasteiger partial charge is 0.0251 e. The summed E-state index contributed by atoms with van der Waals surface area (Å²) in [4.78, 5) is 0. The normalized spacial score (nSPS) is 41.7. The van der Waals surface area contributed by atoms with Gasteiger partial charge in [-0.1, -0.05) is 20.3 Å². The Morgan fingerprint density at radius 3 is 2.40 bits per heavy atom. The molecule has 0 radical (unpaired) electrons. The largest absolute Gasteiger partial charge is 0.126 e. The molecule has 0 spiro atoms. The lowest BCUT2D eigenvalue weighted by Gasteiger charge is -2.30. The highest BCUT2D eigenvalue weighted by Gasteiger charge is 2.23. The first-order chi connectivity index (χ1) is 4.74. The van der Waals surface area contributed by atoms with Gasteiger partial charge in [0, 0.05) is 5.88 Å². The van der Waals surface area contributed by atoms with Crippen LogP contribution in [0.4, 0.5) is 0 Å². The van der Waals surface area contributed by atoms with Gasteiger partial charge in [-0.3, -0.25) is 0 Å². The van der Waals surface area contributed by atoms with Gasteiger partial charge < -0.3 is 0 Å². The first-order valence-corrected chi connectivity index (χ1v) is 4.83. The van der Waals surface area contributed by atoms with Crippen molar-refractivity contribution in [3.63, 3.8) is 0 Å². The van der Waals surface area contributed by atoms with Gasteiger partial charge in [0.05, 0.1) is 0 Å². The van der Waals surface area contributed by atoms with E-state index < -0.39 is 0 Å². The van der Waals surface area contributed by atoms with E-state index in [1.165, 1.54) is 19.3 Å². The molecule has 0 aromatic heterocycles. The van der Waals surface area contributed by atoms with Crippen molar-refractivity contribution in [3.8, 4) is 0 Å². The molecular weight excluding hydrogens is 144 g/mol. The van der Waals surface area contributed by atoms with E-state index in [4.69, 9.17) is 11.6 Å². The molecular formula is C9H17Cl. The Morgan fingerprint density at radius 2 is 1.90 bits per heavy atom. The highest BCUT2D eigenvalue weighted by atomic mass is 35.5. The van der Waals surface area contributed by atoms with E-state index >= 15 is 0 Å². The molecule has 1 saturated carbocycles. The predicted molar refractivity (Wildman–Crippen MR) is 46.4 cm³/mol. The van der Waals surface area contributed by atoms with Crippen molar-refractivity contribution >= 4 is 11.6 Å². The maximum atomic E-state index is 5.79. The molecule has 0 saturated heterocycles. The lowest BCUT2D eigenvalue weighted by atomic mass is 9.77. The quantitative estimate of drug-likeness (QED) is 0.517. The zero-order valence-electron chi connectivity index (χ0n) is 6.94. The summed E-state index contributed by atoms with van der Waals surface area (Å²) in [6.45, 7) is 4.71. The highest BCUT2D eigenvalue weighted by molar-refractivity contribution is 6.18. The van der Waals surface area contributed by atoms with Gasteiger partial charge in [-0.25, -0.2) is 0 Å². The molecule has 1 aliphatic rings. The second kappa shape index (κ2) is 3.61. The van der Waals surface area contributed by atoms with E-state index in [-0.39, 0.29) is 0 Å². The van der Waals surface area contributed by atoms with Gasteiger partial charge in [-0.05, 0) is 30.6 Å². The molecule has 3 unspecified atom stereocenters. The molecule has 1 fully saturated rings. The van der Waals surface area contributed by atoms with Crippen molar-refractivity contribution < 1.29 is 0 Å². The standard InChI is InChI=1S/C9H17Cl/c1-7-3-4-9(6-10)5-8(7)2/h7-9H,3-6H2,1-2H3. The summed E-state index contributed by atoms with van der Waals surface area (Å²) < 4.78 is 0. The molecule has 0 aromatic rings. The Kier molecular flexibility index (Phi) is 3.03. The summed E-state index contributed by atoms with van der Waals surface area (Å²) in [5.74, 6) is 3.52. The highest BCUT2D eigenvalue weighted by Crippen LogP contribution is 2.33. The average Bonchev–Trinajstić information content (AvgIpc) is 1.95. The molecule has 0 amide bonds. The van der Waals surface area contributed by atoms with E-state index in [1.807, 2.05) is 0 Å². The summed E-state index contributed by atoms with van der Waals surface area (Å²) in [7, 11) is 0. The van der Waals surface area contributed by atoms with Gasteiger partial charge in [0.25, 0.3) is 0 Å². The van der Waals surface area contributed by atoms with Gasteiger partial charge >= 0.3 is 0 Å². The van der Waals surface area contributed by atoms with Crippen LogP contribution in [0.2, 0.25) is 0 Å². The third kappa shape index (κ3) is 1.88. The summed E-state index contributed by atoms with van der Waals surface area (Å²) in [5, 5.41) is 0. The van der Waals surface area contributed by atoms with E-state index in [0.717, 1.165) is 23.6 Å². The van der Waals surface area contributed by atoms with E-state index in [9.17, 15) is 0 Å². The van der Waals surface area contributed by atoms with Crippen molar-refractivity contribution in [3.05, 3.63) is 0 Å². The van der Waals surface area contributed by atoms with Gasteiger partial charge in [0.15, 0.2) is 0 Å². The maximum absolute atomic E-state index is 5.79. The maximum Gasteiger partial charge on any atom is 0.0251 e. The van der Waals surface area contributed by atoms with Crippen LogP contribution in [0.3, 0.4) is 0 Å². The minimum atomic E-state index is 0.813. The van der Waals surface area contributed by atoms with E-state index in [1.54, 1.807) is 0 Å². The third-order valence-electron chi connectivity index (χ3n) is 2.92. The van der Waals surface area contributed by atoms with Crippen LogP contribution in [0.1, 0.15) is 33.1 Å². The van der Waals surface area contributed by atoms with Crippen LogP contribution in [0, 0.1) is 17.8 Å². The van der Waals surface area contributed by atoms with Gasteiger partial charge in [0.1, 0.15) is 0 Å². The number of hydrogen-bond acceptors (Lipinski definition) is 0. The number of halogens is 1. The second-order valence-electron chi connectivity index (χ2n) is 3.79. The monoisotopic (exact) mass is 160 g/mol. The van der Waals surface area contributed by atoms with Crippen molar-refractivity contribution in [2.45, 2.75) is 33.1 Å². The molecule has 0 aromatic carbocycles. The zero-order chi connectivity index (χ0) is 7.56. The van der Waals surface area contributed by atoms with Crippen LogP contribution in [0.15, 0.2) is 0 Å². The molecule has 10 heavy (non-hydrogen) atoms. The van der Waals surface area contributed by atoms with Crippen LogP contribution in [-0.4, -0.2) is 5.88 Å². The first-order valence-electron chi connectivity index (χ1n) is 4.30. The number of hydrogen-bond donors (Lipinski definition) is 0. The summed E-state index contributed by atoms with van der Waals surface area (Å²) in [6, 6.07) is 0. The van der Waals surface area contributed by atoms with Crippen LogP contribution < -0.4 is 0 Å². The number of rotatable bonds is 1. The molecule has 0 aliphatic heterocycles. The fourth-order valence-electron chi connectivity index (χ4n) is 1.80. The van der Waals surface area contributed by atoms with Crippen molar-refractivity contribution in [2.75, 3.05) is 5.88 Å². The molecule has 1 heteroatoms. The van der Waals surface area contributed by atoms with Gasteiger partial charge in [-0.2, -0.15) is 0 Å². The Balaban J connectivity index is 2.33. The Hall–Kier alpha value is 0.290. The molecule has 60 valence electrons. The fourth-order valence-corrected chi connectivity index (χ4v) is 2.08. The minimum absolute atomic E-state index is 0.813. The second-order valence-corrected chi connectivity index (χ2v) is 4.10. The lowest BCUT2D eigenvalue weighted by Crippen LogP contribution is -2.21. The first kappa shape index (κ1) is 8.39. The molecule has 0 bridgehead atoms. The summed E-state index contributed by atoms with van der Waals surface area (Å²) >= 11 is 5.79. The SMILES string of the molecule is CC1CCC(CCl)CC1C. The zero-order valence-corrected chi connectivity index (χ0v) is 7.69. The molecule has 1 aliphatic carbocycles. The summed E-state index contributed by atoms with van der Waals surface area (Å²) in [5.41, 5.74) is 0. The topological polar surface area (TPSA) is 0 Å². The van der Waals surface area contributed by atoms with Crippen LogP contribution in [0.5, 0.6) is 0 Å². The van der Waals surface area contributed by atoms with Crippen LogP contribution in [0.25, 0.3) is 0 Å². The average molecular weight is 161 g/mol. The Morgan fingerprint density at radius 1 is 1.20 bits per heavy atom. The fraction of sp³-hybridized carbons (Fsp3) is 1.00. The molecule has 0 N–H and O–H groups in total. The Labute approximate surface area is 69.0 Å². The van der Waals surface area contributed by atoms with Gasteiger partial charge in [0.2, 0.25) is 0 Å². The van der Waals surface area contributed by atoms with Crippen molar-refractivity contribution in [1.29, 1.82) is 0 Å². The van der Waals surface area contributed by atoms with Crippen molar-refractivity contribution in [1.82, 2.24) is 0 Å². The van der Waals surface area contributed by atoms with Crippen LogP contribution >= 0.6 is 11.6 Å². The van der Waals surface area contributed by atoms with Gasteiger partial charge in [-0.15, -0.1) is 11.6 Å². The molecule has 1 rings (SSSR count). The lowest BCUT2D eigenvalue weighted by molar-refractivity contribution is 0.222. The van der Waals surface area contributed by atoms with Crippen LogP contribution in [-0.2, 0) is 0 Å². The van der Waals surface area contributed by atoms with Crippen molar-refractivity contribution in [2.24, 2.45) is 17.8 Å². The van der Waals surface area contributed by atoms with E-state index in [2.05, 4.69) is 13.8 Å².